The number of nitrogens with zero attached hydrogens (tertiary/aromatic N) is 6. The van der Waals surface area contributed by atoms with Crippen molar-refractivity contribution in [2.24, 2.45) is 5.73 Å². The molecule has 0 atom stereocenters. The van der Waals surface area contributed by atoms with Crippen molar-refractivity contribution in [3.8, 4) is 17.3 Å². The van der Waals surface area contributed by atoms with Gasteiger partial charge in [-0.1, -0.05) is 29.3 Å². The van der Waals surface area contributed by atoms with Crippen LogP contribution in [0, 0.1) is 6.92 Å². The molecule has 0 amide bonds. The number of rotatable bonds is 3. The SMILES string of the molecule is Cc1c(-c2nc(C3(N)CCCC3)no2)nnn1-c1ccc2ncccc2c1.Cl. The normalized spacial score (nSPS) is 15.6. The van der Waals surface area contributed by atoms with E-state index in [0.29, 0.717) is 17.4 Å². The average molecular weight is 398 g/mol. The zero-order valence-corrected chi connectivity index (χ0v) is 16.2. The summed E-state index contributed by atoms with van der Waals surface area (Å²) in [6, 6.07) is 9.89. The van der Waals surface area contributed by atoms with Crippen molar-refractivity contribution in [2.45, 2.75) is 38.1 Å². The molecule has 1 fully saturated rings. The van der Waals surface area contributed by atoms with Crippen molar-refractivity contribution in [3.05, 3.63) is 48.0 Å². The summed E-state index contributed by atoms with van der Waals surface area (Å²) in [6.07, 6.45) is 5.72. The summed E-state index contributed by atoms with van der Waals surface area (Å²) in [5, 5.41) is 13.7. The standard InChI is InChI=1S/C19H19N7O.ClH/c1-12-16(17-22-18(24-27-17)19(20)8-2-3-9-19)23-25-26(12)14-6-7-15-13(11-14)5-4-10-21-15;/h4-7,10-11H,2-3,8-9,20H2,1H3;1H. The molecule has 0 unspecified atom stereocenters. The van der Waals surface area contributed by atoms with Gasteiger partial charge in [-0.25, -0.2) is 4.68 Å². The van der Waals surface area contributed by atoms with Gasteiger partial charge in [0, 0.05) is 11.6 Å². The first-order chi connectivity index (χ1) is 13.1. The van der Waals surface area contributed by atoms with Crippen molar-refractivity contribution < 1.29 is 4.52 Å². The topological polar surface area (TPSA) is 109 Å². The fourth-order valence-electron chi connectivity index (χ4n) is 3.72. The summed E-state index contributed by atoms with van der Waals surface area (Å²) in [5.74, 6) is 0.911. The van der Waals surface area contributed by atoms with E-state index in [-0.39, 0.29) is 12.4 Å². The predicted molar refractivity (Wildman–Crippen MR) is 106 cm³/mol. The lowest BCUT2D eigenvalue weighted by Crippen LogP contribution is -2.34. The molecule has 5 rings (SSSR count). The van der Waals surface area contributed by atoms with Gasteiger partial charge in [-0.05, 0) is 44.0 Å². The zero-order valence-electron chi connectivity index (χ0n) is 15.4. The van der Waals surface area contributed by atoms with Crippen LogP contribution in [0.1, 0.15) is 37.2 Å². The van der Waals surface area contributed by atoms with Gasteiger partial charge in [-0.2, -0.15) is 4.98 Å². The summed E-state index contributed by atoms with van der Waals surface area (Å²) in [6.45, 7) is 1.93. The van der Waals surface area contributed by atoms with Crippen LogP contribution in [0.15, 0.2) is 41.1 Å². The van der Waals surface area contributed by atoms with Crippen molar-refractivity contribution >= 4 is 23.3 Å². The number of benzene rings is 1. The van der Waals surface area contributed by atoms with E-state index in [1.54, 1.807) is 10.9 Å². The second-order valence-electron chi connectivity index (χ2n) is 7.10. The van der Waals surface area contributed by atoms with Crippen LogP contribution < -0.4 is 5.73 Å². The van der Waals surface area contributed by atoms with Crippen molar-refractivity contribution in [1.29, 1.82) is 0 Å². The monoisotopic (exact) mass is 397 g/mol. The fraction of sp³-hybridized carbons (Fsp3) is 0.316. The number of hydrogen-bond acceptors (Lipinski definition) is 7. The molecule has 2 N–H and O–H groups in total. The Morgan fingerprint density at radius 1 is 1.18 bits per heavy atom. The summed E-state index contributed by atoms with van der Waals surface area (Å²) >= 11 is 0. The molecule has 1 aliphatic rings. The van der Waals surface area contributed by atoms with Crippen molar-refractivity contribution in [3.63, 3.8) is 0 Å². The van der Waals surface area contributed by atoms with Gasteiger partial charge >= 0.3 is 0 Å². The lowest BCUT2D eigenvalue weighted by molar-refractivity contribution is 0.372. The Labute approximate surface area is 167 Å². The second kappa shape index (κ2) is 6.96. The number of nitrogens with two attached hydrogens (primary N) is 1. The van der Waals surface area contributed by atoms with Gasteiger partial charge in [-0.3, -0.25) is 4.98 Å². The van der Waals surface area contributed by atoms with Crippen LogP contribution in [0.2, 0.25) is 0 Å². The molecule has 1 aromatic carbocycles. The molecule has 9 heteroatoms. The molecule has 0 bridgehead atoms. The van der Waals surface area contributed by atoms with Gasteiger partial charge in [0.1, 0.15) is 0 Å². The minimum Gasteiger partial charge on any atom is -0.332 e. The molecule has 8 nitrogen and oxygen atoms in total. The van der Waals surface area contributed by atoms with Crippen LogP contribution in [-0.2, 0) is 5.54 Å². The van der Waals surface area contributed by atoms with Gasteiger partial charge in [0.25, 0.3) is 5.89 Å². The summed E-state index contributed by atoms with van der Waals surface area (Å²) in [7, 11) is 0. The van der Waals surface area contributed by atoms with Crippen LogP contribution in [-0.4, -0.2) is 30.1 Å². The molecule has 144 valence electrons. The Morgan fingerprint density at radius 2 is 2.00 bits per heavy atom. The number of hydrogen-bond donors (Lipinski definition) is 1. The first-order valence-electron chi connectivity index (χ1n) is 9.05. The summed E-state index contributed by atoms with van der Waals surface area (Å²) in [4.78, 5) is 8.87. The maximum atomic E-state index is 6.43. The Kier molecular flexibility index (Phi) is 4.60. The van der Waals surface area contributed by atoms with E-state index < -0.39 is 5.54 Å². The van der Waals surface area contributed by atoms with Crippen LogP contribution in [0.5, 0.6) is 0 Å². The minimum absolute atomic E-state index is 0. The second-order valence-corrected chi connectivity index (χ2v) is 7.10. The molecule has 3 aromatic heterocycles. The number of pyridine rings is 1. The lowest BCUT2D eigenvalue weighted by atomic mass is 9.99. The van der Waals surface area contributed by atoms with E-state index in [0.717, 1.165) is 48.0 Å². The molecule has 0 radical (unpaired) electrons. The van der Waals surface area contributed by atoms with E-state index in [4.69, 9.17) is 10.3 Å². The molecule has 0 aliphatic heterocycles. The Hall–Kier alpha value is -2.84. The first-order valence-corrected chi connectivity index (χ1v) is 9.05. The summed E-state index contributed by atoms with van der Waals surface area (Å²) < 4.78 is 7.22. The lowest BCUT2D eigenvalue weighted by Gasteiger charge is -2.17. The molecular formula is C19H20ClN7O. The molecule has 0 saturated heterocycles. The largest absolute Gasteiger partial charge is 0.332 e. The zero-order chi connectivity index (χ0) is 18.4. The van der Waals surface area contributed by atoms with Gasteiger partial charge in [0.2, 0.25) is 0 Å². The van der Waals surface area contributed by atoms with Gasteiger partial charge < -0.3 is 10.3 Å². The van der Waals surface area contributed by atoms with E-state index in [1.807, 2.05) is 37.3 Å². The van der Waals surface area contributed by atoms with Crippen LogP contribution in [0.3, 0.4) is 0 Å². The highest BCUT2D eigenvalue weighted by molar-refractivity contribution is 5.85. The highest BCUT2D eigenvalue weighted by atomic mass is 35.5. The van der Waals surface area contributed by atoms with Gasteiger partial charge in [0.15, 0.2) is 11.5 Å². The third-order valence-corrected chi connectivity index (χ3v) is 5.30. The van der Waals surface area contributed by atoms with E-state index in [2.05, 4.69) is 25.4 Å². The van der Waals surface area contributed by atoms with Crippen molar-refractivity contribution in [1.82, 2.24) is 30.1 Å². The number of aromatic nitrogens is 6. The molecular weight excluding hydrogens is 378 g/mol. The molecule has 4 aromatic rings. The summed E-state index contributed by atoms with van der Waals surface area (Å²) in [5.41, 5.74) is 9.17. The van der Waals surface area contributed by atoms with Gasteiger partial charge in [0.05, 0.1) is 22.4 Å². The van der Waals surface area contributed by atoms with Crippen LogP contribution in [0.4, 0.5) is 0 Å². The smallest absolute Gasteiger partial charge is 0.280 e. The number of fused-ring (bicyclic) bond motifs is 1. The molecule has 3 heterocycles. The highest BCUT2D eigenvalue weighted by Crippen LogP contribution is 2.35. The quantitative estimate of drug-likeness (QED) is 0.564. The minimum atomic E-state index is -0.489. The van der Waals surface area contributed by atoms with Gasteiger partial charge in [-0.15, -0.1) is 17.5 Å². The Bertz CT molecular complexity index is 1130. The van der Waals surface area contributed by atoms with Crippen LogP contribution >= 0.6 is 12.4 Å². The fourth-order valence-corrected chi connectivity index (χ4v) is 3.72. The maximum absolute atomic E-state index is 6.43. The first kappa shape index (κ1) is 18.5. The molecule has 0 spiro atoms. The van der Waals surface area contributed by atoms with E-state index in [1.165, 1.54) is 0 Å². The third-order valence-electron chi connectivity index (χ3n) is 5.30. The average Bonchev–Trinajstić information content (AvgIpc) is 3.41. The molecule has 1 saturated carbocycles. The number of halogens is 1. The predicted octanol–water partition coefficient (Wildman–Crippen LogP) is 3.32. The Balaban J connectivity index is 0.00000192. The van der Waals surface area contributed by atoms with E-state index in [9.17, 15) is 0 Å². The van der Waals surface area contributed by atoms with E-state index >= 15 is 0 Å². The Morgan fingerprint density at radius 3 is 2.82 bits per heavy atom. The molecule has 28 heavy (non-hydrogen) atoms. The van der Waals surface area contributed by atoms with Crippen molar-refractivity contribution in [2.75, 3.05) is 0 Å². The highest BCUT2D eigenvalue weighted by Gasteiger charge is 2.36. The maximum Gasteiger partial charge on any atom is 0.280 e. The molecule has 1 aliphatic carbocycles. The third kappa shape index (κ3) is 2.94. The van der Waals surface area contributed by atoms with Crippen LogP contribution in [0.25, 0.3) is 28.2 Å².